The Bertz CT molecular complexity index is 903. The summed E-state index contributed by atoms with van der Waals surface area (Å²) in [7, 11) is -1.93. The van der Waals surface area contributed by atoms with Crippen LogP contribution < -0.4 is 9.64 Å². The third-order valence-electron chi connectivity index (χ3n) is 4.62. The minimum Gasteiger partial charge on any atom is -0.497 e. The van der Waals surface area contributed by atoms with Crippen LogP contribution in [-0.2, 0) is 10.0 Å². The molecule has 2 aromatic carbocycles. The maximum Gasteiger partial charge on any atom is 0.243 e. The first-order valence-electron chi connectivity index (χ1n) is 8.36. The summed E-state index contributed by atoms with van der Waals surface area (Å²) in [5.41, 5.74) is 1.50. The first-order chi connectivity index (χ1) is 12.5. The Kier molecular flexibility index (Phi) is 5.16. The lowest BCUT2D eigenvalue weighted by Gasteiger charge is -2.40. The average molecular weight is 371 g/mol. The van der Waals surface area contributed by atoms with Crippen LogP contribution in [-0.4, -0.2) is 45.5 Å². The van der Waals surface area contributed by atoms with Gasteiger partial charge in [0.05, 0.1) is 23.6 Å². The van der Waals surface area contributed by atoms with E-state index in [1.807, 2.05) is 37.3 Å². The lowest BCUT2D eigenvalue weighted by Crippen LogP contribution is -2.53. The van der Waals surface area contributed by atoms with Gasteiger partial charge in [-0.05, 0) is 55.5 Å². The zero-order valence-electron chi connectivity index (χ0n) is 14.8. The maximum atomic E-state index is 12.9. The monoisotopic (exact) mass is 371 g/mol. The van der Waals surface area contributed by atoms with Crippen molar-refractivity contribution >= 4 is 15.7 Å². The summed E-state index contributed by atoms with van der Waals surface area (Å²) in [5.74, 6) is 0.795. The lowest BCUT2D eigenvalue weighted by atomic mass is 10.2. The molecule has 0 radical (unpaired) electrons. The van der Waals surface area contributed by atoms with E-state index in [-0.39, 0.29) is 10.9 Å². The topological polar surface area (TPSA) is 73.6 Å². The molecule has 7 heteroatoms. The van der Waals surface area contributed by atoms with Crippen LogP contribution in [0.4, 0.5) is 5.69 Å². The Morgan fingerprint density at radius 1 is 1.08 bits per heavy atom. The molecule has 1 unspecified atom stereocenters. The van der Waals surface area contributed by atoms with Crippen molar-refractivity contribution in [2.45, 2.75) is 17.9 Å². The van der Waals surface area contributed by atoms with Crippen molar-refractivity contribution < 1.29 is 13.2 Å². The predicted molar refractivity (Wildman–Crippen MR) is 99.7 cm³/mol. The Hall–Kier alpha value is -2.56. The molecular formula is C19H21N3O3S. The van der Waals surface area contributed by atoms with Gasteiger partial charge < -0.3 is 9.64 Å². The number of nitriles is 1. The molecule has 2 aromatic rings. The van der Waals surface area contributed by atoms with Crippen LogP contribution >= 0.6 is 0 Å². The Labute approximate surface area is 154 Å². The molecule has 136 valence electrons. The van der Waals surface area contributed by atoms with Gasteiger partial charge in [0.25, 0.3) is 0 Å². The summed E-state index contributed by atoms with van der Waals surface area (Å²) in [5, 5.41) is 8.86. The smallest absolute Gasteiger partial charge is 0.243 e. The van der Waals surface area contributed by atoms with E-state index in [2.05, 4.69) is 4.90 Å². The molecule has 1 aliphatic rings. The van der Waals surface area contributed by atoms with Gasteiger partial charge in [0.1, 0.15) is 5.75 Å². The van der Waals surface area contributed by atoms with Gasteiger partial charge in [-0.1, -0.05) is 0 Å². The molecule has 1 aliphatic heterocycles. The van der Waals surface area contributed by atoms with Crippen molar-refractivity contribution in [2.24, 2.45) is 0 Å². The van der Waals surface area contributed by atoms with Crippen molar-refractivity contribution in [3.63, 3.8) is 0 Å². The first-order valence-corrected chi connectivity index (χ1v) is 9.80. The number of rotatable bonds is 4. The molecule has 0 aromatic heterocycles. The second kappa shape index (κ2) is 7.36. The fourth-order valence-electron chi connectivity index (χ4n) is 3.15. The van der Waals surface area contributed by atoms with E-state index < -0.39 is 10.0 Å². The van der Waals surface area contributed by atoms with Gasteiger partial charge in [-0.25, -0.2) is 8.42 Å². The molecule has 1 saturated heterocycles. The summed E-state index contributed by atoms with van der Waals surface area (Å²) < 4.78 is 32.4. The quantitative estimate of drug-likeness (QED) is 0.825. The molecule has 6 nitrogen and oxygen atoms in total. The van der Waals surface area contributed by atoms with Crippen molar-refractivity contribution in [1.82, 2.24) is 4.31 Å². The van der Waals surface area contributed by atoms with E-state index in [1.54, 1.807) is 7.11 Å². The molecule has 3 rings (SSSR count). The first kappa shape index (κ1) is 18.2. The Balaban J connectivity index is 1.75. The number of anilines is 1. The van der Waals surface area contributed by atoms with E-state index in [9.17, 15) is 8.42 Å². The number of benzene rings is 2. The summed E-state index contributed by atoms with van der Waals surface area (Å²) >= 11 is 0. The molecule has 0 saturated carbocycles. The summed E-state index contributed by atoms with van der Waals surface area (Å²) in [6.45, 7) is 3.46. The molecule has 0 aliphatic carbocycles. The summed E-state index contributed by atoms with van der Waals surface area (Å²) in [6.07, 6.45) is 0. The summed E-state index contributed by atoms with van der Waals surface area (Å²) in [4.78, 5) is 2.42. The number of methoxy groups -OCH3 is 1. The van der Waals surface area contributed by atoms with Gasteiger partial charge in [-0.3, -0.25) is 0 Å². The molecule has 1 heterocycles. The maximum absolute atomic E-state index is 12.9. The van der Waals surface area contributed by atoms with E-state index >= 15 is 0 Å². The summed E-state index contributed by atoms with van der Waals surface area (Å²) in [6, 6.07) is 15.9. The minimum atomic E-state index is -3.56. The number of hydrogen-bond acceptors (Lipinski definition) is 5. The molecule has 0 N–H and O–H groups in total. The van der Waals surface area contributed by atoms with Crippen LogP contribution in [0.3, 0.4) is 0 Å². The zero-order valence-corrected chi connectivity index (χ0v) is 15.6. The van der Waals surface area contributed by atoms with Gasteiger partial charge in [0.2, 0.25) is 10.0 Å². The van der Waals surface area contributed by atoms with Crippen molar-refractivity contribution in [3.8, 4) is 11.8 Å². The number of piperazine rings is 1. The molecule has 1 atom stereocenters. The van der Waals surface area contributed by atoms with E-state index in [0.29, 0.717) is 25.2 Å². The third kappa shape index (κ3) is 3.52. The standard InChI is InChI=1S/C19H21N3O3S/c1-15-14-21(26(23,24)19-9-3-16(13-20)4-10-19)11-12-22(15)17-5-7-18(25-2)8-6-17/h3-10,15H,11-12,14H2,1-2H3. The van der Waals surface area contributed by atoms with Crippen LogP contribution in [0.1, 0.15) is 12.5 Å². The van der Waals surface area contributed by atoms with E-state index in [1.165, 1.54) is 28.6 Å². The van der Waals surface area contributed by atoms with Gasteiger partial charge in [0, 0.05) is 31.4 Å². The van der Waals surface area contributed by atoms with Gasteiger partial charge in [0.15, 0.2) is 0 Å². The lowest BCUT2D eigenvalue weighted by molar-refractivity contribution is 0.342. The van der Waals surface area contributed by atoms with Crippen LogP contribution in [0.25, 0.3) is 0 Å². The third-order valence-corrected chi connectivity index (χ3v) is 6.49. The number of ether oxygens (including phenoxy) is 1. The van der Waals surface area contributed by atoms with E-state index in [4.69, 9.17) is 10.00 Å². The Morgan fingerprint density at radius 3 is 2.27 bits per heavy atom. The van der Waals surface area contributed by atoms with Crippen molar-refractivity contribution in [3.05, 3.63) is 54.1 Å². The van der Waals surface area contributed by atoms with Gasteiger partial charge >= 0.3 is 0 Å². The van der Waals surface area contributed by atoms with Crippen molar-refractivity contribution in [1.29, 1.82) is 5.26 Å². The second-order valence-corrected chi connectivity index (χ2v) is 8.18. The van der Waals surface area contributed by atoms with Crippen LogP contribution in [0.15, 0.2) is 53.4 Å². The highest BCUT2D eigenvalue weighted by atomic mass is 32.2. The van der Waals surface area contributed by atoms with Crippen molar-refractivity contribution in [2.75, 3.05) is 31.6 Å². The van der Waals surface area contributed by atoms with Gasteiger partial charge in [-0.15, -0.1) is 0 Å². The molecular weight excluding hydrogens is 350 g/mol. The van der Waals surface area contributed by atoms with Crippen LogP contribution in [0.2, 0.25) is 0 Å². The second-order valence-electron chi connectivity index (χ2n) is 6.24. The SMILES string of the molecule is COc1ccc(N2CCN(S(=O)(=O)c3ccc(C#N)cc3)CC2C)cc1. The normalized spacial score (nSPS) is 18.3. The van der Waals surface area contributed by atoms with E-state index in [0.717, 1.165) is 11.4 Å². The average Bonchev–Trinajstić information content (AvgIpc) is 2.68. The van der Waals surface area contributed by atoms with Crippen LogP contribution in [0, 0.1) is 11.3 Å². The molecule has 0 amide bonds. The Morgan fingerprint density at radius 2 is 1.73 bits per heavy atom. The van der Waals surface area contributed by atoms with Gasteiger partial charge in [-0.2, -0.15) is 9.57 Å². The number of nitrogens with zero attached hydrogens (tertiary/aromatic N) is 3. The highest BCUT2D eigenvalue weighted by Crippen LogP contribution is 2.26. The minimum absolute atomic E-state index is 0.0466. The molecule has 0 bridgehead atoms. The highest BCUT2D eigenvalue weighted by Gasteiger charge is 2.32. The predicted octanol–water partition coefficient (Wildman–Crippen LogP) is 2.47. The number of hydrogen-bond donors (Lipinski definition) is 0. The molecule has 0 spiro atoms. The fraction of sp³-hybridized carbons (Fsp3) is 0.316. The number of sulfonamides is 1. The molecule has 1 fully saturated rings. The zero-order chi connectivity index (χ0) is 18.7. The highest BCUT2D eigenvalue weighted by molar-refractivity contribution is 7.89. The molecule has 26 heavy (non-hydrogen) atoms. The largest absolute Gasteiger partial charge is 0.497 e. The fourth-order valence-corrected chi connectivity index (χ4v) is 4.66. The van der Waals surface area contributed by atoms with Crippen LogP contribution in [0.5, 0.6) is 5.75 Å².